The van der Waals surface area contributed by atoms with Gasteiger partial charge in [-0.2, -0.15) is 0 Å². The zero-order chi connectivity index (χ0) is 11.0. The normalized spacial score (nSPS) is 10.6. The Bertz CT molecular complexity index is 554. The molecule has 2 rings (SSSR count). The third kappa shape index (κ3) is 1.59. The van der Waals surface area contributed by atoms with Crippen molar-refractivity contribution in [3.8, 4) is 0 Å². The van der Waals surface area contributed by atoms with Crippen LogP contribution in [0.25, 0.3) is 10.9 Å². The number of fused-ring (bicyclic) bond motifs is 1. The van der Waals surface area contributed by atoms with Crippen LogP contribution >= 0.6 is 11.6 Å². The number of benzene rings is 1. The van der Waals surface area contributed by atoms with Crippen LogP contribution in [0.1, 0.15) is 15.9 Å². The number of carbonyl (C=O) groups excluding carboxylic acids is 1. The predicted molar refractivity (Wildman–Crippen MR) is 56.8 cm³/mol. The molecule has 0 aliphatic rings. The molecule has 0 aliphatic carbocycles. The van der Waals surface area contributed by atoms with Gasteiger partial charge in [-0.1, -0.05) is 23.7 Å². The lowest BCUT2D eigenvalue weighted by atomic mass is 10.1. The molecule has 76 valence electrons. The minimum atomic E-state index is -0.396. The highest BCUT2D eigenvalue weighted by Crippen LogP contribution is 2.23. The Hall–Kier alpha value is -1.48. The molecule has 1 aromatic carbocycles. The topological polar surface area (TPSA) is 30.0 Å². The van der Waals surface area contributed by atoms with Gasteiger partial charge in [0.2, 0.25) is 0 Å². The molecule has 0 bridgehead atoms. The lowest BCUT2D eigenvalue weighted by Gasteiger charge is -2.03. The first-order chi connectivity index (χ1) is 7.13. The van der Waals surface area contributed by atoms with E-state index in [1.807, 2.05) is 0 Å². The molecule has 0 N–H and O–H groups in total. The summed E-state index contributed by atoms with van der Waals surface area (Å²) in [5, 5.41) is 0.603. The number of hydrogen-bond acceptors (Lipinski definition) is 2. The van der Waals surface area contributed by atoms with Gasteiger partial charge in [-0.05, 0) is 18.6 Å². The minimum absolute atomic E-state index is 0.0296. The summed E-state index contributed by atoms with van der Waals surface area (Å²) < 4.78 is 13.6. The van der Waals surface area contributed by atoms with Gasteiger partial charge in [-0.15, -0.1) is 0 Å². The van der Waals surface area contributed by atoms with Crippen LogP contribution in [0.15, 0.2) is 18.2 Å². The summed E-state index contributed by atoms with van der Waals surface area (Å²) in [5.41, 5.74) is 0.975. The predicted octanol–water partition coefficient (Wildman–Crippen LogP) is 3.15. The average molecular weight is 224 g/mol. The van der Waals surface area contributed by atoms with Crippen LogP contribution in [0.2, 0.25) is 5.15 Å². The van der Waals surface area contributed by atoms with Crippen LogP contribution in [-0.4, -0.2) is 11.3 Å². The van der Waals surface area contributed by atoms with Crippen LogP contribution in [0, 0.1) is 12.7 Å². The van der Waals surface area contributed by atoms with Gasteiger partial charge in [0.25, 0.3) is 0 Å². The summed E-state index contributed by atoms with van der Waals surface area (Å²) in [7, 11) is 0. The highest BCUT2D eigenvalue weighted by atomic mass is 35.5. The molecule has 4 heteroatoms. The quantitative estimate of drug-likeness (QED) is 0.549. The zero-order valence-corrected chi connectivity index (χ0v) is 8.68. The third-order valence-corrected chi connectivity index (χ3v) is 2.53. The fraction of sp³-hybridized carbons (Fsp3) is 0.0909. The largest absolute Gasteiger partial charge is 0.298 e. The Labute approximate surface area is 90.7 Å². The number of pyridine rings is 1. The van der Waals surface area contributed by atoms with Crippen molar-refractivity contribution < 1.29 is 9.18 Å². The molecule has 0 saturated heterocycles. The van der Waals surface area contributed by atoms with Crippen LogP contribution < -0.4 is 0 Å². The second-order valence-electron chi connectivity index (χ2n) is 3.25. The molecule has 0 spiro atoms. The molecule has 1 aromatic heterocycles. The van der Waals surface area contributed by atoms with Gasteiger partial charge >= 0.3 is 0 Å². The molecule has 2 nitrogen and oxygen atoms in total. The summed E-state index contributed by atoms with van der Waals surface area (Å²) in [6, 6.07) is 4.88. The molecular weight excluding hydrogens is 217 g/mol. The van der Waals surface area contributed by atoms with Crippen LogP contribution in [-0.2, 0) is 0 Å². The first-order valence-electron chi connectivity index (χ1n) is 4.34. The van der Waals surface area contributed by atoms with Gasteiger partial charge in [0.1, 0.15) is 10.7 Å². The van der Waals surface area contributed by atoms with Crippen molar-refractivity contribution in [3.05, 3.63) is 40.3 Å². The zero-order valence-electron chi connectivity index (χ0n) is 7.92. The highest BCUT2D eigenvalue weighted by molar-refractivity contribution is 6.32. The Balaban J connectivity index is 2.87. The Morgan fingerprint density at radius 2 is 2.20 bits per heavy atom. The molecule has 0 amide bonds. The highest BCUT2D eigenvalue weighted by Gasteiger charge is 2.09. The van der Waals surface area contributed by atoms with Gasteiger partial charge in [-0.3, -0.25) is 4.79 Å². The average Bonchev–Trinajstić information content (AvgIpc) is 2.24. The summed E-state index contributed by atoms with van der Waals surface area (Å²) in [6.07, 6.45) is 0.604. The van der Waals surface area contributed by atoms with Crippen LogP contribution in [0.5, 0.6) is 0 Å². The molecule has 2 aromatic rings. The van der Waals surface area contributed by atoms with Gasteiger partial charge in [-0.25, -0.2) is 9.37 Å². The van der Waals surface area contributed by atoms with E-state index in [0.29, 0.717) is 17.2 Å². The maximum Gasteiger partial charge on any atom is 0.153 e. The number of rotatable bonds is 1. The standard InChI is InChI=1S/C11H7ClFNO/c1-6-2-3-7-4-8(5-15)11(12)14-10(7)9(6)13/h2-5H,1H3. The molecule has 0 unspecified atom stereocenters. The molecule has 0 saturated carbocycles. The number of aldehydes is 1. The van der Waals surface area contributed by atoms with E-state index < -0.39 is 5.82 Å². The van der Waals surface area contributed by atoms with Crippen molar-refractivity contribution in [3.63, 3.8) is 0 Å². The lowest BCUT2D eigenvalue weighted by molar-refractivity contribution is 0.112. The maximum absolute atomic E-state index is 13.6. The van der Waals surface area contributed by atoms with Crippen molar-refractivity contribution in [2.75, 3.05) is 0 Å². The Kier molecular flexibility index (Phi) is 2.40. The maximum atomic E-state index is 13.6. The van der Waals surface area contributed by atoms with Gasteiger partial charge in [0, 0.05) is 5.39 Å². The third-order valence-electron chi connectivity index (χ3n) is 2.23. The SMILES string of the molecule is Cc1ccc2cc(C=O)c(Cl)nc2c1F. The Morgan fingerprint density at radius 1 is 1.47 bits per heavy atom. The first kappa shape index (κ1) is 10.1. The van der Waals surface area contributed by atoms with Crippen molar-refractivity contribution in [2.45, 2.75) is 6.92 Å². The van der Waals surface area contributed by atoms with Gasteiger partial charge in [0.05, 0.1) is 5.56 Å². The van der Waals surface area contributed by atoms with Crippen molar-refractivity contribution in [1.29, 1.82) is 0 Å². The number of nitrogens with zero attached hydrogens (tertiary/aromatic N) is 1. The fourth-order valence-electron chi connectivity index (χ4n) is 1.38. The number of hydrogen-bond donors (Lipinski definition) is 0. The molecule has 0 aliphatic heterocycles. The van der Waals surface area contributed by atoms with E-state index in [1.54, 1.807) is 19.1 Å². The summed E-state index contributed by atoms with van der Waals surface area (Å²) in [5.74, 6) is -0.396. The van der Waals surface area contributed by atoms with E-state index in [9.17, 15) is 9.18 Å². The van der Waals surface area contributed by atoms with Crippen LogP contribution in [0.4, 0.5) is 4.39 Å². The summed E-state index contributed by atoms with van der Waals surface area (Å²) in [6.45, 7) is 1.65. The van der Waals surface area contributed by atoms with E-state index in [2.05, 4.69) is 4.98 Å². The molecule has 0 fully saturated rings. The summed E-state index contributed by atoms with van der Waals surface area (Å²) in [4.78, 5) is 14.5. The van der Waals surface area contributed by atoms with Crippen molar-refractivity contribution in [1.82, 2.24) is 4.98 Å². The number of carbonyl (C=O) groups is 1. The second kappa shape index (κ2) is 3.59. The van der Waals surface area contributed by atoms with Crippen molar-refractivity contribution in [2.24, 2.45) is 0 Å². The fourth-order valence-corrected chi connectivity index (χ4v) is 1.57. The van der Waals surface area contributed by atoms with Crippen LogP contribution in [0.3, 0.4) is 0 Å². The molecular formula is C11H7ClFNO. The molecule has 0 atom stereocenters. The number of halogens is 2. The van der Waals surface area contributed by atoms with Crippen molar-refractivity contribution >= 4 is 28.8 Å². The monoisotopic (exact) mass is 223 g/mol. The minimum Gasteiger partial charge on any atom is -0.298 e. The van der Waals surface area contributed by atoms with Gasteiger partial charge in [0.15, 0.2) is 12.1 Å². The Morgan fingerprint density at radius 3 is 2.87 bits per heavy atom. The van der Waals surface area contributed by atoms with E-state index in [4.69, 9.17) is 11.6 Å². The lowest BCUT2D eigenvalue weighted by Crippen LogP contribution is -1.92. The number of aromatic nitrogens is 1. The molecule has 15 heavy (non-hydrogen) atoms. The first-order valence-corrected chi connectivity index (χ1v) is 4.72. The van der Waals surface area contributed by atoms with E-state index in [-0.39, 0.29) is 16.2 Å². The smallest absolute Gasteiger partial charge is 0.153 e. The summed E-state index contributed by atoms with van der Waals surface area (Å²) >= 11 is 5.72. The molecule has 1 heterocycles. The van der Waals surface area contributed by atoms with Gasteiger partial charge < -0.3 is 0 Å². The second-order valence-corrected chi connectivity index (χ2v) is 3.61. The van der Waals surface area contributed by atoms with E-state index >= 15 is 0 Å². The van der Waals surface area contributed by atoms with E-state index in [1.165, 1.54) is 6.07 Å². The molecule has 0 radical (unpaired) electrons. The van der Waals surface area contributed by atoms with E-state index in [0.717, 1.165) is 0 Å². The number of aryl methyl sites for hydroxylation is 1.